The quantitative estimate of drug-likeness (QED) is 0.617. The minimum Gasteiger partial charge on any atom is -0.452 e. The first-order valence-corrected chi connectivity index (χ1v) is 7.38. The molecule has 1 heterocycles. The van der Waals surface area contributed by atoms with E-state index in [0.29, 0.717) is 17.7 Å². The molecule has 0 aliphatic carbocycles. The van der Waals surface area contributed by atoms with Crippen LogP contribution in [0.4, 0.5) is 0 Å². The van der Waals surface area contributed by atoms with Crippen LogP contribution in [0.1, 0.15) is 41.0 Å². The molecule has 1 atom stereocenters. The Morgan fingerprint density at radius 2 is 1.74 bits per heavy atom. The molecule has 1 aliphatic rings. The molecule has 7 heteroatoms. The summed E-state index contributed by atoms with van der Waals surface area (Å²) in [5, 5.41) is 2.54. The summed E-state index contributed by atoms with van der Waals surface area (Å²) >= 11 is 0. The van der Waals surface area contributed by atoms with E-state index in [1.807, 2.05) is 0 Å². The first-order valence-electron chi connectivity index (χ1n) is 7.38. The Morgan fingerprint density at radius 3 is 2.26 bits per heavy atom. The summed E-state index contributed by atoms with van der Waals surface area (Å²) in [6, 6.07) is 6.50. The third-order valence-corrected chi connectivity index (χ3v) is 3.45. The second kappa shape index (κ2) is 7.04. The lowest BCUT2D eigenvalue weighted by Crippen LogP contribution is -2.37. The fourth-order valence-corrected chi connectivity index (χ4v) is 2.27. The van der Waals surface area contributed by atoms with Crippen LogP contribution < -0.4 is 5.32 Å². The largest absolute Gasteiger partial charge is 0.452 e. The molecule has 1 aliphatic heterocycles. The highest BCUT2D eigenvalue weighted by Gasteiger charge is 2.35. The number of nitrogens with zero attached hydrogens (tertiary/aromatic N) is 1. The maximum absolute atomic E-state index is 12.1. The number of benzene rings is 1. The summed E-state index contributed by atoms with van der Waals surface area (Å²) in [6.45, 7) is 3.59. The van der Waals surface area contributed by atoms with Crippen molar-refractivity contribution in [3.63, 3.8) is 0 Å². The van der Waals surface area contributed by atoms with Crippen molar-refractivity contribution in [2.24, 2.45) is 0 Å². The molecular formula is C16H18N2O5. The van der Waals surface area contributed by atoms with Crippen molar-refractivity contribution in [2.75, 3.05) is 13.1 Å². The van der Waals surface area contributed by atoms with E-state index < -0.39 is 23.9 Å². The van der Waals surface area contributed by atoms with E-state index in [2.05, 4.69) is 5.32 Å². The molecule has 0 bridgehead atoms. The number of imide groups is 1. The number of likely N-dealkylation sites (N-methyl/N-ethyl adjacent to an activating group) is 1. The van der Waals surface area contributed by atoms with Gasteiger partial charge in [0.2, 0.25) is 0 Å². The highest BCUT2D eigenvalue weighted by molar-refractivity contribution is 6.21. The van der Waals surface area contributed by atoms with Crippen molar-refractivity contribution in [1.29, 1.82) is 0 Å². The molecule has 0 radical (unpaired) electrons. The molecule has 3 amide bonds. The Balaban J connectivity index is 1.90. The third-order valence-electron chi connectivity index (χ3n) is 3.45. The molecule has 1 aromatic rings. The van der Waals surface area contributed by atoms with E-state index in [4.69, 9.17) is 4.74 Å². The Hall–Kier alpha value is -2.70. The summed E-state index contributed by atoms with van der Waals surface area (Å²) in [5.74, 6) is -1.87. The molecule has 0 aromatic heterocycles. The third kappa shape index (κ3) is 3.56. The lowest BCUT2D eigenvalue weighted by molar-refractivity contribution is -0.154. The van der Waals surface area contributed by atoms with Gasteiger partial charge in [-0.25, -0.2) is 0 Å². The number of hydrogen-bond donors (Lipinski definition) is 1. The minimum absolute atomic E-state index is 0.0761. The Bertz CT molecular complexity index is 621. The zero-order valence-corrected chi connectivity index (χ0v) is 13.0. The van der Waals surface area contributed by atoms with Gasteiger partial charge in [-0.2, -0.15) is 0 Å². The van der Waals surface area contributed by atoms with Crippen molar-refractivity contribution in [3.8, 4) is 0 Å². The van der Waals surface area contributed by atoms with Crippen LogP contribution in [-0.2, 0) is 14.3 Å². The summed E-state index contributed by atoms with van der Waals surface area (Å²) < 4.78 is 4.97. The van der Waals surface area contributed by atoms with Crippen LogP contribution in [0.5, 0.6) is 0 Å². The number of esters is 1. The molecule has 23 heavy (non-hydrogen) atoms. The zero-order valence-electron chi connectivity index (χ0n) is 13.0. The molecule has 0 fully saturated rings. The van der Waals surface area contributed by atoms with E-state index in [9.17, 15) is 19.2 Å². The molecule has 0 unspecified atom stereocenters. The Morgan fingerprint density at radius 1 is 1.17 bits per heavy atom. The average molecular weight is 318 g/mol. The summed E-state index contributed by atoms with van der Waals surface area (Å²) in [4.78, 5) is 48.5. The van der Waals surface area contributed by atoms with Gasteiger partial charge in [0.15, 0.2) is 6.10 Å². The average Bonchev–Trinajstić information content (AvgIpc) is 2.77. The molecule has 1 aromatic carbocycles. The first-order chi connectivity index (χ1) is 11.0. The van der Waals surface area contributed by atoms with Gasteiger partial charge in [0.05, 0.1) is 17.5 Å². The predicted octanol–water partition coefficient (Wildman–Crippen LogP) is 0.740. The topological polar surface area (TPSA) is 92.8 Å². The fraction of sp³-hybridized carbons (Fsp3) is 0.375. The van der Waals surface area contributed by atoms with Gasteiger partial charge in [0.1, 0.15) is 0 Å². The molecule has 2 rings (SSSR count). The molecule has 7 nitrogen and oxygen atoms in total. The van der Waals surface area contributed by atoms with Crippen LogP contribution >= 0.6 is 0 Å². The van der Waals surface area contributed by atoms with Gasteiger partial charge in [-0.1, -0.05) is 12.1 Å². The number of fused-ring (bicyclic) bond motifs is 1. The normalized spacial score (nSPS) is 14.4. The van der Waals surface area contributed by atoms with Crippen molar-refractivity contribution >= 4 is 23.7 Å². The van der Waals surface area contributed by atoms with E-state index in [1.54, 1.807) is 31.2 Å². The highest BCUT2D eigenvalue weighted by atomic mass is 16.5. The maximum Gasteiger partial charge on any atom is 0.308 e. The van der Waals surface area contributed by atoms with Gasteiger partial charge in [-0.15, -0.1) is 0 Å². The van der Waals surface area contributed by atoms with E-state index in [0.717, 1.165) is 4.90 Å². The standard InChI is InChI=1S/C16H18N2O5/c1-3-17-14(20)10(2)23-13(19)8-9-18-15(21)11-6-4-5-7-12(11)16(18)22/h4-7,10H,3,8-9H2,1-2H3,(H,17,20)/t10-/m0/s1. The second-order valence-electron chi connectivity index (χ2n) is 5.08. The lowest BCUT2D eigenvalue weighted by atomic mass is 10.1. The van der Waals surface area contributed by atoms with Gasteiger partial charge >= 0.3 is 5.97 Å². The summed E-state index contributed by atoms with van der Waals surface area (Å²) in [7, 11) is 0. The highest BCUT2D eigenvalue weighted by Crippen LogP contribution is 2.22. The van der Waals surface area contributed by atoms with E-state index in [1.165, 1.54) is 6.92 Å². The van der Waals surface area contributed by atoms with Crippen molar-refractivity contribution in [1.82, 2.24) is 10.2 Å². The lowest BCUT2D eigenvalue weighted by Gasteiger charge is -2.15. The molecule has 0 saturated heterocycles. The van der Waals surface area contributed by atoms with Crippen molar-refractivity contribution < 1.29 is 23.9 Å². The molecule has 0 saturated carbocycles. The minimum atomic E-state index is -0.912. The van der Waals surface area contributed by atoms with Gasteiger partial charge in [-0.3, -0.25) is 24.1 Å². The molecular weight excluding hydrogens is 300 g/mol. The summed E-state index contributed by atoms with van der Waals surface area (Å²) in [6.07, 6.45) is -1.07. The zero-order chi connectivity index (χ0) is 17.0. The van der Waals surface area contributed by atoms with Crippen LogP contribution in [0.15, 0.2) is 24.3 Å². The van der Waals surface area contributed by atoms with Crippen LogP contribution in [0, 0.1) is 0 Å². The van der Waals surface area contributed by atoms with Crippen LogP contribution in [0.25, 0.3) is 0 Å². The SMILES string of the molecule is CCNC(=O)[C@H](C)OC(=O)CCN1C(=O)c2ccccc2C1=O. The first kappa shape index (κ1) is 16.7. The number of hydrogen-bond acceptors (Lipinski definition) is 5. The monoisotopic (exact) mass is 318 g/mol. The Kier molecular flexibility index (Phi) is 5.10. The van der Waals surface area contributed by atoms with Crippen LogP contribution in [0.2, 0.25) is 0 Å². The van der Waals surface area contributed by atoms with Crippen molar-refractivity contribution in [3.05, 3.63) is 35.4 Å². The van der Waals surface area contributed by atoms with Crippen molar-refractivity contribution in [2.45, 2.75) is 26.4 Å². The second-order valence-corrected chi connectivity index (χ2v) is 5.08. The Labute approximate surface area is 133 Å². The molecule has 0 spiro atoms. The van der Waals surface area contributed by atoms with Gasteiger partial charge in [0.25, 0.3) is 17.7 Å². The number of ether oxygens (including phenoxy) is 1. The number of carbonyl (C=O) groups excluding carboxylic acids is 4. The summed E-state index contributed by atoms with van der Waals surface area (Å²) in [5.41, 5.74) is 0.670. The van der Waals surface area contributed by atoms with Gasteiger partial charge < -0.3 is 10.1 Å². The number of carbonyl (C=O) groups is 4. The van der Waals surface area contributed by atoms with Crippen LogP contribution in [-0.4, -0.2) is 47.8 Å². The van der Waals surface area contributed by atoms with E-state index in [-0.39, 0.29) is 18.9 Å². The molecule has 1 N–H and O–H groups in total. The smallest absolute Gasteiger partial charge is 0.308 e. The van der Waals surface area contributed by atoms with Gasteiger partial charge in [-0.05, 0) is 26.0 Å². The number of amides is 3. The molecule has 122 valence electrons. The van der Waals surface area contributed by atoms with E-state index >= 15 is 0 Å². The number of nitrogens with one attached hydrogen (secondary N) is 1. The number of rotatable bonds is 6. The van der Waals surface area contributed by atoms with Crippen LogP contribution in [0.3, 0.4) is 0 Å². The van der Waals surface area contributed by atoms with Gasteiger partial charge in [0, 0.05) is 13.1 Å². The fourth-order valence-electron chi connectivity index (χ4n) is 2.27. The maximum atomic E-state index is 12.1. The predicted molar refractivity (Wildman–Crippen MR) is 80.7 cm³/mol.